The number of nitrogens with zero attached hydrogens (tertiary/aromatic N) is 2. The first-order valence-electron chi connectivity index (χ1n) is 6.74. The third-order valence-electron chi connectivity index (χ3n) is 3.34. The van der Waals surface area contributed by atoms with Gasteiger partial charge in [0.2, 0.25) is 0 Å². The third-order valence-corrected chi connectivity index (χ3v) is 3.34. The maximum absolute atomic E-state index is 12.3. The summed E-state index contributed by atoms with van der Waals surface area (Å²) in [4.78, 5) is 16.5. The van der Waals surface area contributed by atoms with Crippen molar-refractivity contribution >= 4 is 5.97 Å². The Morgan fingerprint density at radius 1 is 1.11 bits per heavy atom. The standard InChI is InChI=1S/C13H22N2O4/c1-2-7-19-13(16)12(14-3-8-17-9-4-14)15-5-10-18-11-6-15/h2,12H,1,3-11H2. The molecule has 0 saturated carbocycles. The van der Waals surface area contributed by atoms with E-state index in [4.69, 9.17) is 14.2 Å². The van der Waals surface area contributed by atoms with E-state index in [2.05, 4.69) is 16.4 Å². The van der Waals surface area contributed by atoms with Gasteiger partial charge in [-0.1, -0.05) is 12.7 Å². The normalized spacial score (nSPS) is 22.4. The average Bonchev–Trinajstić information content (AvgIpc) is 2.47. The fourth-order valence-electron chi connectivity index (χ4n) is 2.39. The summed E-state index contributed by atoms with van der Waals surface area (Å²) in [5.74, 6) is -0.205. The van der Waals surface area contributed by atoms with E-state index in [0.29, 0.717) is 26.4 Å². The summed E-state index contributed by atoms with van der Waals surface area (Å²) in [5.41, 5.74) is 0. The summed E-state index contributed by atoms with van der Waals surface area (Å²) in [7, 11) is 0. The van der Waals surface area contributed by atoms with Crippen molar-refractivity contribution in [3.05, 3.63) is 12.7 Å². The fraction of sp³-hybridized carbons (Fsp3) is 0.769. The number of carbonyl (C=O) groups excluding carboxylic acids is 1. The first kappa shape index (κ1) is 14.5. The van der Waals surface area contributed by atoms with Crippen molar-refractivity contribution in [3.63, 3.8) is 0 Å². The molecule has 2 fully saturated rings. The summed E-state index contributed by atoms with van der Waals surface area (Å²) in [5, 5.41) is 0. The van der Waals surface area contributed by atoms with Crippen molar-refractivity contribution in [2.75, 3.05) is 59.2 Å². The maximum Gasteiger partial charge on any atom is 0.338 e. The van der Waals surface area contributed by atoms with E-state index in [0.717, 1.165) is 26.2 Å². The van der Waals surface area contributed by atoms with Crippen LogP contribution in [0.1, 0.15) is 0 Å². The van der Waals surface area contributed by atoms with Crippen molar-refractivity contribution in [2.45, 2.75) is 6.17 Å². The Morgan fingerprint density at radius 3 is 2.00 bits per heavy atom. The first-order valence-corrected chi connectivity index (χ1v) is 6.74. The number of rotatable bonds is 5. The number of carbonyl (C=O) groups is 1. The SMILES string of the molecule is C=CCOC(=O)C(N1CCOCC1)N1CCOCC1. The molecule has 6 nitrogen and oxygen atoms in total. The summed E-state index contributed by atoms with van der Waals surface area (Å²) in [6.07, 6.45) is 1.26. The molecule has 0 amide bonds. The monoisotopic (exact) mass is 270 g/mol. The van der Waals surface area contributed by atoms with Gasteiger partial charge in [0.1, 0.15) is 6.61 Å². The molecule has 2 rings (SSSR count). The number of morpholine rings is 2. The summed E-state index contributed by atoms with van der Waals surface area (Å²) < 4.78 is 15.9. The van der Waals surface area contributed by atoms with Crippen LogP contribution in [-0.4, -0.2) is 81.1 Å². The van der Waals surface area contributed by atoms with Crippen LogP contribution >= 0.6 is 0 Å². The van der Waals surface area contributed by atoms with Crippen LogP contribution in [0.15, 0.2) is 12.7 Å². The third kappa shape index (κ3) is 4.01. The molecule has 0 aliphatic carbocycles. The van der Waals surface area contributed by atoms with Gasteiger partial charge in [-0.05, 0) is 0 Å². The van der Waals surface area contributed by atoms with Crippen molar-refractivity contribution in [1.29, 1.82) is 0 Å². The Kier molecular flexibility index (Phi) is 5.78. The quantitative estimate of drug-likeness (QED) is 0.505. The molecule has 0 aromatic carbocycles. The molecule has 0 unspecified atom stereocenters. The molecule has 0 aromatic rings. The lowest BCUT2D eigenvalue weighted by Gasteiger charge is -2.40. The number of esters is 1. The highest BCUT2D eigenvalue weighted by molar-refractivity contribution is 5.75. The van der Waals surface area contributed by atoms with E-state index in [1.54, 1.807) is 6.08 Å². The lowest BCUT2D eigenvalue weighted by Crippen LogP contribution is -2.59. The van der Waals surface area contributed by atoms with Crippen LogP contribution in [0.5, 0.6) is 0 Å². The van der Waals surface area contributed by atoms with E-state index in [1.165, 1.54) is 0 Å². The summed E-state index contributed by atoms with van der Waals surface area (Å²) in [6.45, 7) is 9.50. The van der Waals surface area contributed by atoms with E-state index < -0.39 is 0 Å². The van der Waals surface area contributed by atoms with Gasteiger partial charge >= 0.3 is 5.97 Å². The van der Waals surface area contributed by atoms with Gasteiger partial charge in [-0.3, -0.25) is 9.80 Å². The highest BCUT2D eigenvalue weighted by Gasteiger charge is 2.34. The topological polar surface area (TPSA) is 51.2 Å². The van der Waals surface area contributed by atoms with Crippen LogP contribution < -0.4 is 0 Å². The van der Waals surface area contributed by atoms with Crippen LogP contribution in [0.4, 0.5) is 0 Å². The minimum atomic E-state index is -0.326. The van der Waals surface area contributed by atoms with Crippen LogP contribution in [0.25, 0.3) is 0 Å². The molecule has 0 bridgehead atoms. The zero-order valence-corrected chi connectivity index (χ0v) is 11.3. The second-order valence-electron chi connectivity index (χ2n) is 4.59. The van der Waals surface area contributed by atoms with Gasteiger partial charge in [-0.25, -0.2) is 4.79 Å². The summed E-state index contributed by atoms with van der Waals surface area (Å²) in [6, 6.07) is 0. The lowest BCUT2D eigenvalue weighted by atomic mass is 10.3. The zero-order chi connectivity index (χ0) is 13.5. The predicted molar refractivity (Wildman–Crippen MR) is 69.7 cm³/mol. The number of hydrogen-bond donors (Lipinski definition) is 0. The van der Waals surface area contributed by atoms with Gasteiger partial charge in [0, 0.05) is 26.2 Å². The molecule has 2 aliphatic rings. The van der Waals surface area contributed by atoms with E-state index >= 15 is 0 Å². The molecule has 2 aliphatic heterocycles. The molecule has 0 aromatic heterocycles. The van der Waals surface area contributed by atoms with Crippen LogP contribution in [0.3, 0.4) is 0 Å². The van der Waals surface area contributed by atoms with E-state index in [-0.39, 0.29) is 18.7 Å². The van der Waals surface area contributed by atoms with Crippen molar-refractivity contribution in [3.8, 4) is 0 Å². The fourth-order valence-corrected chi connectivity index (χ4v) is 2.39. The van der Waals surface area contributed by atoms with Gasteiger partial charge in [-0.15, -0.1) is 0 Å². The molecule has 0 atom stereocenters. The van der Waals surface area contributed by atoms with Gasteiger partial charge in [-0.2, -0.15) is 0 Å². The number of ether oxygens (including phenoxy) is 3. The average molecular weight is 270 g/mol. The maximum atomic E-state index is 12.3. The van der Waals surface area contributed by atoms with E-state index in [9.17, 15) is 4.79 Å². The molecular weight excluding hydrogens is 248 g/mol. The predicted octanol–water partition coefficient (Wildman–Crippen LogP) is -0.294. The van der Waals surface area contributed by atoms with Crippen LogP contribution in [0, 0.1) is 0 Å². The van der Waals surface area contributed by atoms with Crippen LogP contribution in [-0.2, 0) is 19.0 Å². The molecule has 19 heavy (non-hydrogen) atoms. The van der Waals surface area contributed by atoms with Gasteiger partial charge in [0.15, 0.2) is 6.17 Å². The van der Waals surface area contributed by atoms with Gasteiger partial charge in [0.05, 0.1) is 26.4 Å². The molecule has 2 saturated heterocycles. The number of hydrogen-bond acceptors (Lipinski definition) is 6. The van der Waals surface area contributed by atoms with E-state index in [1.807, 2.05) is 0 Å². The molecule has 0 spiro atoms. The minimum Gasteiger partial charge on any atom is -0.459 e. The first-order chi connectivity index (χ1) is 9.33. The largest absolute Gasteiger partial charge is 0.459 e. The van der Waals surface area contributed by atoms with Crippen molar-refractivity contribution in [2.24, 2.45) is 0 Å². The minimum absolute atomic E-state index is 0.205. The Balaban J connectivity index is 2.01. The Morgan fingerprint density at radius 2 is 1.58 bits per heavy atom. The smallest absolute Gasteiger partial charge is 0.338 e. The zero-order valence-electron chi connectivity index (χ0n) is 11.3. The second-order valence-corrected chi connectivity index (χ2v) is 4.59. The lowest BCUT2D eigenvalue weighted by molar-refractivity contribution is -0.163. The summed E-state index contributed by atoms with van der Waals surface area (Å²) >= 11 is 0. The van der Waals surface area contributed by atoms with Crippen LogP contribution in [0.2, 0.25) is 0 Å². The van der Waals surface area contributed by atoms with Crippen molar-refractivity contribution < 1.29 is 19.0 Å². The Hall–Kier alpha value is -0.950. The Bertz CT molecular complexity index is 281. The highest BCUT2D eigenvalue weighted by atomic mass is 16.5. The molecule has 0 radical (unpaired) electrons. The molecular formula is C13H22N2O4. The second kappa shape index (κ2) is 7.59. The van der Waals surface area contributed by atoms with Gasteiger partial charge < -0.3 is 14.2 Å². The van der Waals surface area contributed by atoms with Crippen molar-refractivity contribution in [1.82, 2.24) is 9.80 Å². The Labute approximate surface area is 113 Å². The molecule has 6 heteroatoms. The highest BCUT2D eigenvalue weighted by Crippen LogP contribution is 2.13. The molecule has 2 heterocycles. The molecule has 0 N–H and O–H groups in total. The van der Waals surface area contributed by atoms with Gasteiger partial charge in [0.25, 0.3) is 0 Å². The molecule has 108 valence electrons.